The zero-order valence-electron chi connectivity index (χ0n) is 20.1. The monoisotopic (exact) mass is 452 g/mol. The second-order valence-electron chi connectivity index (χ2n) is 9.02. The molecule has 3 rings (SSSR count). The van der Waals surface area contributed by atoms with Gasteiger partial charge in [-0.3, -0.25) is 4.79 Å². The summed E-state index contributed by atoms with van der Waals surface area (Å²) in [5, 5.41) is 9.02. The fourth-order valence-corrected chi connectivity index (χ4v) is 3.66. The summed E-state index contributed by atoms with van der Waals surface area (Å²) in [5.74, 6) is 1.11. The van der Waals surface area contributed by atoms with E-state index in [-0.39, 0.29) is 24.5 Å². The van der Waals surface area contributed by atoms with Crippen LogP contribution in [0, 0.1) is 0 Å². The van der Waals surface area contributed by atoms with Gasteiger partial charge in [-0.05, 0) is 39.0 Å². The van der Waals surface area contributed by atoms with Crippen LogP contribution in [0.5, 0.6) is 11.5 Å². The Morgan fingerprint density at radius 1 is 1.12 bits per heavy atom. The van der Waals surface area contributed by atoms with Crippen molar-refractivity contribution in [2.24, 2.45) is 5.10 Å². The molecule has 3 amide bonds. The van der Waals surface area contributed by atoms with Gasteiger partial charge in [0.2, 0.25) is 0 Å². The standard InChI is InChI=1S/C25H32N4O4/c1-25(2,3)26-24(31)28(4)16-23(30)29-21(19-12-7-8-13-22(19)33-6)15-20(27-29)17-10-9-11-18(14-17)32-5/h7-14,21H,15-16H2,1-6H3,(H,26,31)/t21-/m1/s1. The maximum Gasteiger partial charge on any atom is 0.318 e. The van der Waals surface area contributed by atoms with E-state index in [1.165, 1.54) is 9.91 Å². The number of nitrogens with one attached hydrogen (secondary N) is 1. The number of amides is 3. The molecular formula is C25H32N4O4. The summed E-state index contributed by atoms with van der Waals surface area (Å²) >= 11 is 0. The van der Waals surface area contributed by atoms with Crippen LogP contribution in [0.3, 0.4) is 0 Å². The van der Waals surface area contributed by atoms with Gasteiger partial charge in [0.1, 0.15) is 18.0 Å². The van der Waals surface area contributed by atoms with Crippen molar-refractivity contribution in [3.8, 4) is 11.5 Å². The van der Waals surface area contributed by atoms with Crippen molar-refractivity contribution >= 4 is 17.6 Å². The van der Waals surface area contributed by atoms with Crippen LogP contribution in [0.1, 0.15) is 44.4 Å². The van der Waals surface area contributed by atoms with E-state index in [0.717, 1.165) is 16.8 Å². The van der Waals surface area contributed by atoms with Gasteiger partial charge in [0.15, 0.2) is 0 Å². The van der Waals surface area contributed by atoms with Gasteiger partial charge in [-0.2, -0.15) is 5.10 Å². The minimum Gasteiger partial charge on any atom is -0.497 e. The van der Waals surface area contributed by atoms with Crippen LogP contribution in [-0.4, -0.2) is 60.9 Å². The second kappa shape index (κ2) is 9.94. The summed E-state index contributed by atoms with van der Waals surface area (Å²) in [7, 11) is 4.82. The minimum atomic E-state index is -0.403. The van der Waals surface area contributed by atoms with Crippen LogP contribution >= 0.6 is 0 Å². The first-order valence-electron chi connectivity index (χ1n) is 10.8. The van der Waals surface area contributed by atoms with E-state index >= 15 is 0 Å². The molecule has 0 fully saturated rings. The average Bonchev–Trinajstić information content (AvgIpc) is 3.23. The summed E-state index contributed by atoms with van der Waals surface area (Å²) < 4.78 is 10.9. The summed E-state index contributed by atoms with van der Waals surface area (Å²) in [6.07, 6.45) is 0.511. The fourth-order valence-electron chi connectivity index (χ4n) is 3.66. The lowest BCUT2D eigenvalue weighted by Gasteiger charge is -2.28. The number of carbonyl (C=O) groups excluding carboxylic acids is 2. The highest BCUT2D eigenvalue weighted by atomic mass is 16.5. The highest BCUT2D eigenvalue weighted by molar-refractivity contribution is 6.03. The number of rotatable bonds is 6. The molecule has 8 nitrogen and oxygen atoms in total. The highest BCUT2D eigenvalue weighted by Gasteiger charge is 2.35. The smallest absolute Gasteiger partial charge is 0.318 e. The van der Waals surface area contributed by atoms with Gasteiger partial charge in [0, 0.05) is 30.1 Å². The Hall–Kier alpha value is -3.55. The number of hydrazone groups is 1. The number of benzene rings is 2. The SMILES string of the molecule is COc1cccc(C2=NN(C(=O)CN(C)C(=O)NC(C)(C)C)[C@@H](c3ccccc3OC)C2)c1. The van der Waals surface area contributed by atoms with E-state index in [1.54, 1.807) is 21.3 Å². The van der Waals surface area contributed by atoms with E-state index in [9.17, 15) is 9.59 Å². The molecule has 0 unspecified atom stereocenters. The second-order valence-corrected chi connectivity index (χ2v) is 9.02. The molecular weight excluding hydrogens is 420 g/mol. The minimum absolute atomic E-state index is 0.109. The van der Waals surface area contributed by atoms with Crippen LogP contribution in [-0.2, 0) is 4.79 Å². The predicted octanol–water partition coefficient (Wildman–Crippen LogP) is 3.82. The molecule has 1 aliphatic heterocycles. The van der Waals surface area contributed by atoms with Gasteiger partial charge in [-0.15, -0.1) is 0 Å². The molecule has 8 heteroatoms. The van der Waals surface area contributed by atoms with E-state index < -0.39 is 5.54 Å². The molecule has 0 saturated heterocycles. The normalized spacial score (nSPS) is 15.6. The Kier molecular flexibility index (Phi) is 7.26. The van der Waals surface area contributed by atoms with Crippen molar-refractivity contribution in [3.63, 3.8) is 0 Å². The molecule has 2 aromatic carbocycles. The number of para-hydroxylation sites is 1. The molecule has 176 valence electrons. The van der Waals surface area contributed by atoms with Crippen LogP contribution in [0.15, 0.2) is 53.6 Å². The first-order chi connectivity index (χ1) is 15.6. The highest BCUT2D eigenvalue weighted by Crippen LogP contribution is 2.37. The van der Waals surface area contributed by atoms with Gasteiger partial charge < -0.3 is 19.7 Å². The van der Waals surface area contributed by atoms with Gasteiger partial charge in [-0.1, -0.05) is 30.3 Å². The third-order valence-electron chi connectivity index (χ3n) is 5.27. The molecule has 1 aliphatic rings. The van der Waals surface area contributed by atoms with E-state index in [4.69, 9.17) is 9.47 Å². The van der Waals surface area contributed by atoms with Crippen LogP contribution in [0.2, 0.25) is 0 Å². The van der Waals surface area contributed by atoms with Gasteiger partial charge in [-0.25, -0.2) is 9.80 Å². The molecule has 1 atom stereocenters. The van der Waals surface area contributed by atoms with Crippen molar-refractivity contribution in [3.05, 3.63) is 59.7 Å². The summed E-state index contributed by atoms with van der Waals surface area (Å²) in [5.41, 5.74) is 2.10. The topological polar surface area (TPSA) is 83.5 Å². The zero-order valence-corrected chi connectivity index (χ0v) is 20.1. The number of nitrogens with zero attached hydrogens (tertiary/aromatic N) is 3. The Morgan fingerprint density at radius 2 is 1.85 bits per heavy atom. The predicted molar refractivity (Wildman–Crippen MR) is 128 cm³/mol. The first kappa shape index (κ1) is 24.1. The number of hydrogen-bond donors (Lipinski definition) is 1. The molecule has 1 heterocycles. The molecule has 33 heavy (non-hydrogen) atoms. The fraction of sp³-hybridized carbons (Fsp3) is 0.400. The van der Waals surface area contributed by atoms with Gasteiger partial charge in [0.05, 0.1) is 26.0 Å². The average molecular weight is 453 g/mol. The van der Waals surface area contributed by atoms with Crippen LogP contribution < -0.4 is 14.8 Å². The summed E-state index contributed by atoms with van der Waals surface area (Å²) in [6.45, 7) is 5.57. The molecule has 0 saturated carbocycles. The van der Waals surface area contributed by atoms with Crippen molar-refractivity contribution in [2.75, 3.05) is 27.8 Å². The number of carbonyl (C=O) groups is 2. The third kappa shape index (κ3) is 5.83. The molecule has 0 spiro atoms. The Balaban J connectivity index is 1.91. The number of methoxy groups -OCH3 is 2. The maximum absolute atomic E-state index is 13.3. The lowest BCUT2D eigenvalue weighted by Crippen LogP contribution is -2.49. The van der Waals surface area contributed by atoms with Gasteiger partial charge >= 0.3 is 6.03 Å². The van der Waals surface area contributed by atoms with Crippen LogP contribution in [0.4, 0.5) is 4.79 Å². The van der Waals surface area contributed by atoms with Crippen LogP contribution in [0.25, 0.3) is 0 Å². The quantitative estimate of drug-likeness (QED) is 0.722. The Labute approximate surface area is 195 Å². The largest absolute Gasteiger partial charge is 0.497 e. The summed E-state index contributed by atoms with van der Waals surface area (Å²) in [6, 6.07) is 14.5. The lowest BCUT2D eigenvalue weighted by atomic mass is 9.97. The van der Waals surface area contributed by atoms with E-state index in [1.807, 2.05) is 69.3 Å². The van der Waals surface area contributed by atoms with E-state index in [2.05, 4.69) is 10.4 Å². The van der Waals surface area contributed by atoms with E-state index in [0.29, 0.717) is 17.9 Å². The van der Waals surface area contributed by atoms with Crippen molar-refractivity contribution < 1.29 is 19.1 Å². The van der Waals surface area contributed by atoms with Crippen molar-refractivity contribution in [1.29, 1.82) is 0 Å². The molecule has 2 aromatic rings. The van der Waals surface area contributed by atoms with Crippen molar-refractivity contribution in [2.45, 2.75) is 38.8 Å². The Bertz CT molecular complexity index is 1040. The molecule has 0 radical (unpaired) electrons. The number of urea groups is 1. The van der Waals surface area contributed by atoms with Gasteiger partial charge in [0.25, 0.3) is 5.91 Å². The summed E-state index contributed by atoms with van der Waals surface area (Å²) in [4.78, 5) is 27.2. The molecule has 0 aliphatic carbocycles. The zero-order chi connectivity index (χ0) is 24.2. The Morgan fingerprint density at radius 3 is 2.52 bits per heavy atom. The third-order valence-corrected chi connectivity index (χ3v) is 5.27. The molecule has 1 N–H and O–H groups in total. The maximum atomic E-state index is 13.3. The number of ether oxygens (including phenoxy) is 2. The van der Waals surface area contributed by atoms with Crippen molar-refractivity contribution in [1.82, 2.24) is 15.2 Å². The number of likely N-dealkylation sites (N-methyl/N-ethyl adjacent to an activating group) is 1. The lowest BCUT2D eigenvalue weighted by molar-refractivity contribution is -0.133. The first-order valence-corrected chi connectivity index (χ1v) is 10.8. The number of hydrogen-bond acceptors (Lipinski definition) is 5. The molecule has 0 bridgehead atoms. The molecule has 0 aromatic heterocycles.